The maximum atomic E-state index is 11.8. The molecular weight excluding hydrogens is 332 g/mol. The molecule has 2 amide bonds. The Hall–Kier alpha value is -2.08. The lowest BCUT2D eigenvalue weighted by Gasteiger charge is -2.31. The van der Waals surface area contributed by atoms with Crippen LogP contribution in [0, 0.1) is 0 Å². The van der Waals surface area contributed by atoms with E-state index < -0.39 is 0 Å². The first kappa shape index (κ1) is 20.2. The zero-order valence-corrected chi connectivity index (χ0v) is 15.6. The molecule has 0 radical (unpaired) electrons. The molecule has 1 aromatic carbocycles. The molecule has 26 heavy (non-hydrogen) atoms. The number of ether oxygens (including phenoxy) is 1. The van der Waals surface area contributed by atoms with Crippen LogP contribution in [0.4, 0.5) is 4.79 Å². The van der Waals surface area contributed by atoms with Gasteiger partial charge < -0.3 is 9.64 Å². The fourth-order valence-electron chi connectivity index (χ4n) is 3.41. The van der Waals surface area contributed by atoms with E-state index in [1.165, 1.54) is 11.1 Å². The van der Waals surface area contributed by atoms with E-state index in [0.29, 0.717) is 18.9 Å². The number of rotatable bonds is 8. The lowest BCUT2D eigenvalue weighted by Crippen LogP contribution is -2.38. The Morgan fingerprint density at radius 1 is 1.15 bits per heavy atom. The standard InChI is InChI=1S/C20H30N2O4/c1-2-26-20(24)22-14-12-18(13-15-22)17-10-8-16(9-11-17)6-4-3-5-7-19(23)21-25/h8-11,18,25H,2-7,12-15H2,1H3,(H,21,23). The van der Waals surface area contributed by atoms with E-state index in [0.717, 1.165) is 51.6 Å². The fourth-order valence-corrected chi connectivity index (χ4v) is 3.41. The highest BCUT2D eigenvalue weighted by molar-refractivity contribution is 5.74. The molecule has 6 heteroatoms. The van der Waals surface area contributed by atoms with Crippen LogP contribution in [0.25, 0.3) is 0 Å². The van der Waals surface area contributed by atoms with Crippen molar-refractivity contribution >= 4 is 12.0 Å². The second-order valence-corrected chi connectivity index (χ2v) is 6.80. The number of amides is 2. The number of piperidine rings is 1. The van der Waals surface area contributed by atoms with Crippen LogP contribution in [0.3, 0.4) is 0 Å². The summed E-state index contributed by atoms with van der Waals surface area (Å²) in [4.78, 5) is 24.5. The van der Waals surface area contributed by atoms with Crippen LogP contribution in [0.1, 0.15) is 62.5 Å². The third-order valence-electron chi connectivity index (χ3n) is 4.97. The Kier molecular flexibility index (Phi) is 8.41. The van der Waals surface area contributed by atoms with Crippen LogP contribution in [0.2, 0.25) is 0 Å². The van der Waals surface area contributed by atoms with Crippen molar-refractivity contribution in [2.24, 2.45) is 0 Å². The van der Waals surface area contributed by atoms with Gasteiger partial charge >= 0.3 is 6.09 Å². The fraction of sp³-hybridized carbons (Fsp3) is 0.600. The Morgan fingerprint density at radius 3 is 2.46 bits per heavy atom. The number of hydrogen-bond acceptors (Lipinski definition) is 4. The predicted molar refractivity (Wildman–Crippen MR) is 99.1 cm³/mol. The molecule has 0 atom stereocenters. The topological polar surface area (TPSA) is 78.9 Å². The van der Waals surface area contributed by atoms with E-state index in [2.05, 4.69) is 24.3 Å². The van der Waals surface area contributed by atoms with E-state index in [1.54, 1.807) is 10.4 Å². The second kappa shape index (κ2) is 10.8. The summed E-state index contributed by atoms with van der Waals surface area (Å²) in [5.41, 5.74) is 4.31. The third kappa shape index (κ3) is 6.33. The van der Waals surface area contributed by atoms with E-state index in [4.69, 9.17) is 9.94 Å². The van der Waals surface area contributed by atoms with Crippen molar-refractivity contribution in [1.82, 2.24) is 10.4 Å². The number of hydrogen-bond donors (Lipinski definition) is 2. The molecule has 6 nitrogen and oxygen atoms in total. The lowest BCUT2D eigenvalue weighted by molar-refractivity contribution is -0.129. The zero-order chi connectivity index (χ0) is 18.8. The molecule has 144 valence electrons. The van der Waals surface area contributed by atoms with Crippen molar-refractivity contribution in [2.45, 2.75) is 57.8 Å². The molecule has 2 N–H and O–H groups in total. The summed E-state index contributed by atoms with van der Waals surface area (Å²) in [5, 5.41) is 8.44. The number of nitrogens with zero attached hydrogens (tertiary/aromatic N) is 1. The van der Waals surface area contributed by atoms with Gasteiger partial charge in [0.15, 0.2) is 0 Å². The summed E-state index contributed by atoms with van der Waals surface area (Å²) in [6, 6.07) is 8.79. The van der Waals surface area contributed by atoms with Crippen LogP contribution in [-0.4, -0.2) is 41.8 Å². The van der Waals surface area contributed by atoms with Crippen LogP contribution < -0.4 is 5.48 Å². The number of nitrogens with one attached hydrogen (secondary N) is 1. The van der Waals surface area contributed by atoms with Gasteiger partial charge in [-0.15, -0.1) is 0 Å². The SMILES string of the molecule is CCOC(=O)N1CCC(c2ccc(CCCCCC(=O)NO)cc2)CC1. The summed E-state index contributed by atoms with van der Waals surface area (Å²) in [6.45, 7) is 3.77. The Labute approximate surface area is 155 Å². The van der Waals surface area contributed by atoms with Crippen molar-refractivity contribution in [3.8, 4) is 0 Å². The molecule has 1 aromatic rings. The van der Waals surface area contributed by atoms with E-state index in [-0.39, 0.29) is 12.0 Å². The Balaban J connectivity index is 1.71. The molecule has 1 saturated heterocycles. The molecule has 1 fully saturated rings. The number of benzene rings is 1. The highest BCUT2D eigenvalue weighted by Crippen LogP contribution is 2.28. The number of likely N-dealkylation sites (tertiary alicyclic amines) is 1. The molecule has 1 heterocycles. The van der Waals surface area contributed by atoms with Crippen LogP contribution in [0.15, 0.2) is 24.3 Å². The monoisotopic (exact) mass is 362 g/mol. The quantitative estimate of drug-likeness (QED) is 0.420. The predicted octanol–water partition coefficient (Wildman–Crippen LogP) is 3.63. The van der Waals surface area contributed by atoms with Gasteiger partial charge in [-0.25, -0.2) is 10.3 Å². The first-order chi connectivity index (χ1) is 12.6. The van der Waals surface area contributed by atoms with E-state index in [1.807, 2.05) is 6.92 Å². The molecule has 0 aromatic heterocycles. The van der Waals surface area contributed by atoms with Gasteiger partial charge in [-0.05, 0) is 56.1 Å². The number of carbonyl (C=O) groups excluding carboxylic acids is 2. The zero-order valence-electron chi connectivity index (χ0n) is 15.6. The van der Waals surface area contributed by atoms with Gasteiger partial charge in [-0.3, -0.25) is 10.0 Å². The lowest BCUT2D eigenvalue weighted by atomic mass is 9.89. The van der Waals surface area contributed by atoms with Gasteiger partial charge in [0.05, 0.1) is 6.61 Å². The van der Waals surface area contributed by atoms with Gasteiger partial charge in [0.1, 0.15) is 0 Å². The molecule has 0 saturated carbocycles. The Bertz CT molecular complexity index is 566. The van der Waals surface area contributed by atoms with Crippen molar-refractivity contribution in [3.05, 3.63) is 35.4 Å². The minimum atomic E-state index is -0.316. The molecule has 0 aliphatic carbocycles. The maximum Gasteiger partial charge on any atom is 0.409 e. The molecule has 0 bridgehead atoms. The number of unbranched alkanes of at least 4 members (excludes halogenated alkanes) is 2. The van der Waals surface area contributed by atoms with Gasteiger partial charge in [0, 0.05) is 19.5 Å². The normalized spacial score (nSPS) is 14.9. The Morgan fingerprint density at radius 2 is 1.85 bits per heavy atom. The highest BCUT2D eigenvalue weighted by atomic mass is 16.6. The average Bonchev–Trinajstić information content (AvgIpc) is 2.68. The largest absolute Gasteiger partial charge is 0.450 e. The van der Waals surface area contributed by atoms with Crippen LogP contribution in [-0.2, 0) is 16.0 Å². The summed E-state index contributed by atoms with van der Waals surface area (Å²) >= 11 is 0. The number of aryl methyl sites for hydroxylation is 1. The first-order valence-corrected chi connectivity index (χ1v) is 9.57. The summed E-state index contributed by atoms with van der Waals surface area (Å²) in [6.07, 6.45) is 5.94. The van der Waals surface area contributed by atoms with Crippen molar-refractivity contribution in [3.63, 3.8) is 0 Å². The summed E-state index contributed by atoms with van der Waals surface area (Å²) < 4.78 is 5.06. The van der Waals surface area contributed by atoms with Gasteiger partial charge in [-0.1, -0.05) is 30.7 Å². The van der Waals surface area contributed by atoms with Crippen molar-refractivity contribution < 1.29 is 19.5 Å². The molecule has 1 aliphatic heterocycles. The minimum Gasteiger partial charge on any atom is -0.450 e. The van der Waals surface area contributed by atoms with Crippen molar-refractivity contribution in [1.29, 1.82) is 0 Å². The van der Waals surface area contributed by atoms with Gasteiger partial charge in [-0.2, -0.15) is 0 Å². The molecule has 0 spiro atoms. The summed E-state index contributed by atoms with van der Waals surface area (Å²) in [5.74, 6) is 0.190. The van der Waals surface area contributed by atoms with Gasteiger partial charge in [0.25, 0.3) is 0 Å². The second-order valence-electron chi connectivity index (χ2n) is 6.80. The summed E-state index contributed by atoms with van der Waals surface area (Å²) in [7, 11) is 0. The van der Waals surface area contributed by atoms with Crippen LogP contribution in [0.5, 0.6) is 0 Å². The number of hydroxylamine groups is 1. The van der Waals surface area contributed by atoms with Crippen molar-refractivity contribution in [2.75, 3.05) is 19.7 Å². The first-order valence-electron chi connectivity index (χ1n) is 9.57. The van der Waals surface area contributed by atoms with E-state index >= 15 is 0 Å². The van der Waals surface area contributed by atoms with Crippen LogP contribution >= 0.6 is 0 Å². The van der Waals surface area contributed by atoms with E-state index in [9.17, 15) is 9.59 Å². The highest BCUT2D eigenvalue weighted by Gasteiger charge is 2.24. The molecule has 2 rings (SSSR count). The minimum absolute atomic E-state index is 0.197. The smallest absolute Gasteiger partial charge is 0.409 e. The maximum absolute atomic E-state index is 11.8. The number of carbonyl (C=O) groups is 2. The molecule has 0 unspecified atom stereocenters. The third-order valence-corrected chi connectivity index (χ3v) is 4.97. The van der Waals surface area contributed by atoms with Gasteiger partial charge in [0.2, 0.25) is 5.91 Å². The molecular formula is C20H30N2O4. The average molecular weight is 362 g/mol. The molecule has 1 aliphatic rings.